The van der Waals surface area contributed by atoms with Gasteiger partial charge in [0, 0.05) is 5.69 Å². The molecule has 1 aliphatic rings. The van der Waals surface area contributed by atoms with Gasteiger partial charge in [-0.3, -0.25) is 4.79 Å². The number of carbonyl (C=O) groups is 1. The fourth-order valence-electron chi connectivity index (χ4n) is 2.41. The summed E-state index contributed by atoms with van der Waals surface area (Å²) >= 11 is 0. The summed E-state index contributed by atoms with van der Waals surface area (Å²) < 4.78 is 0. The predicted molar refractivity (Wildman–Crippen MR) is 78.2 cm³/mol. The molecule has 2 aromatic rings. The molecule has 100 valence electrons. The van der Waals surface area contributed by atoms with Crippen LogP contribution < -0.4 is 10.6 Å². The predicted octanol–water partition coefficient (Wildman–Crippen LogP) is 2.03. The average Bonchev–Trinajstić information content (AvgIpc) is 2.47. The molecule has 1 aliphatic heterocycles. The second kappa shape index (κ2) is 4.83. The lowest BCUT2D eigenvalue weighted by molar-refractivity contribution is -0.115. The Morgan fingerprint density at radius 3 is 2.40 bits per heavy atom. The smallest absolute Gasteiger partial charge is 0.249 e. The molecule has 4 heteroatoms. The minimum atomic E-state index is -1.08. The van der Waals surface area contributed by atoms with E-state index in [1.807, 2.05) is 54.6 Å². The third-order valence-electron chi connectivity index (χ3n) is 3.35. The summed E-state index contributed by atoms with van der Waals surface area (Å²) in [5.41, 5.74) is 8.05. The van der Waals surface area contributed by atoms with Crippen LogP contribution in [0.25, 0.3) is 6.08 Å². The quantitative estimate of drug-likeness (QED) is 0.874. The van der Waals surface area contributed by atoms with Gasteiger partial charge < -0.3 is 15.7 Å². The van der Waals surface area contributed by atoms with E-state index in [1.165, 1.54) is 0 Å². The first kappa shape index (κ1) is 12.4. The number of aliphatic hydroxyl groups is 1. The first-order valence-electron chi connectivity index (χ1n) is 6.31. The van der Waals surface area contributed by atoms with Crippen molar-refractivity contribution in [2.45, 2.75) is 6.23 Å². The van der Waals surface area contributed by atoms with Crippen molar-refractivity contribution in [3.05, 3.63) is 65.7 Å². The van der Waals surface area contributed by atoms with E-state index in [1.54, 1.807) is 11.0 Å². The summed E-state index contributed by atoms with van der Waals surface area (Å²) in [7, 11) is 0. The number of hydrogen-bond donors (Lipinski definition) is 2. The van der Waals surface area contributed by atoms with E-state index >= 15 is 0 Å². The lowest BCUT2D eigenvalue weighted by Crippen LogP contribution is -2.39. The lowest BCUT2D eigenvalue weighted by atomic mass is 9.99. The molecule has 0 saturated heterocycles. The van der Waals surface area contributed by atoms with E-state index in [4.69, 9.17) is 5.73 Å². The zero-order valence-corrected chi connectivity index (χ0v) is 10.7. The van der Waals surface area contributed by atoms with Crippen molar-refractivity contribution in [3.8, 4) is 0 Å². The van der Waals surface area contributed by atoms with Gasteiger partial charge in [0.15, 0.2) is 6.23 Å². The van der Waals surface area contributed by atoms with E-state index in [2.05, 4.69) is 0 Å². The molecule has 1 heterocycles. The van der Waals surface area contributed by atoms with Crippen LogP contribution in [0.2, 0.25) is 0 Å². The van der Waals surface area contributed by atoms with Crippen molar-refractivity contribution in [3.63, 3.8) is 0 Å². The number of anilines is 2. The van der Waals surface area contributed by atoms with Crippen LogP contribution in [0, 0.1) is 0 Å². The average molecular weight is 266 g/mol. The van der Waals surface area contributed by atoms with Crippen molar-refractivity contribution in [1.29, 1.82) is 0 Å². The highest BCUT2D eigenvalue weighted by molar-refractivity contribution is 6.01. The zero-order valence-electron chi connectivity index (χ0n) is 10.7. The molecular weight excluding hydrogens is 252 g/mol. The fraction of sp³-hybridized carbons (Fsp3) is 0.0625. The second-order valence-electron chi connectivity index (χ2n) is 4.60. The molecule has 1 unspecified atom stereocenters. The van der Waals surface area contributed by atoms with Crippen molar-refractivity contribution >= 4 is 23.4 Å². The highest BCUT2D eigenvalue weighted by Crippen LogP contribution is 2.37. The minimum Gasteiger partial charge on any atom is -0.369 e. The Balaban J connectivity index is 2.19. The molecule has 1 amide bonds. The number of primary amides is 1. The molecule has 1 atom stereocenters. The van der Waals surface area contributed by atoms with Crippen molar-refractivity contribution in [2.24, 2.45) is 5.73 Å². The van der Waals surface area contributed by atoms with Crippen molar-refractivity contribution < 1.29 is 9.90 Å². The standard InChI is InChI=1S/C16H14N2O2/c17-15(19)13-10-11-6-4-5-9-14(11)18(16(13)20)12-7-2-1-3-8-12/h1-10,16,20H,(H2,17,19). The molecule has 0 radical (unpaired) electrons. The Hall–Kier alpha value is -2.59. The summed E-state index contributed by atoms with van der Waals surface area (Å²) in [6, 6.07) is 17.0. The van der Waals surface area contributed by atoms with Gasteiger partial charge in [0.1, 0.15) is 0 Å². The van der Waals surface area contributed by atoms with Crippen LogP contribution in [0.4, 0.5) is 11.4 Å². The molecule has 20 heavy (non-hydrogen) atoms. The number of para-hydroxylation sites is 2. The van der Waals surface area contributed by atoms with Crippen LogP contribution in [-0.4, -0.2) is 17.2 Å². The summed E-state index contributed by atoms with van der Waals surface area (Å²) in [5.74, 6) is -0.618. The number of nitrogens with two attached hydrogens (primary N) is 1. The number of aliphatic hydroxyl groups excluding tert-OH is 1. The molecule has 0 bridgehead atoms. The highest BCUT2D eigenvalue weighted by Gasteiger charge is 2.30. The number of amides is 1. The monoisotopic (exact) mass is 266 g/mol. The Morgan fingerprint density at radius 2 is 1.70 bits per heavy atom. The Kier molecular flexibility index (Phi) is 3.00. The SMILES string of the molecule is NC(=O)C1=Cc2ccccc2N(c2ccccc2)C1O. The van der Waals surface area contributed by atoms with Crippen LogP contribution in [-0.2, 0) is 4.79 Å². The van der Waals surface area contributed by atoms with Crippen LogP contribution in [0.3, 0.4) is 0 Å². The first-order chi connectivity index (χ1) is 9.68. The summed E-state index contributed by atoms with van der Waals surface area (Å²) in [5, 5.41) is 10.5. The molecule has 0 fully saturated rings. The summed E-state index contributed by atoms with van der Waals surface area (Å²) in [4.78, 5) is 13.2. The van der Waals surface area contributed by atoms with Gasteiger partial charge in [0.05, 0.1) is 11.3 Å². The third-order valence-corrected chi connectivity index (χ3v) is 3.35. The molecule has 2 aromatic carbocycles. The van der Waals surface area contributed by atoms with E-state index in [9.17, 15) is 9.90 Å². The molecule has 0 spiro atoms. The third kappa shape index (κ3) is 1.96. The maximum absolute atomic E-state index is 11.5. The fourth-order valence-corrected chi connectivity index (χ4v) is 2.41. The molecule has 3 N–H and O–H groups in total. The van der Waals surface area contributed by atoms with Gasteiger partial charge in [0.25, 0.3) is 0 Å². The first-order valence-corrected chi connectivity index (χ1v) is 6.31. The molecule has 0 saturated carbocycles. The Morgan fingerprint density at radius 1 is 1.05 bits per heavy atom. The van der Waals surface area contributed by atoms with E-state index in [0.717, 1.165) is 16.9 Å². The summed E-state index contributed by atoms with van der Waals surface area (Å²) in [6.45, 7) is 0. The summed E-state index contributed by atoms with van der Waals surface area (Å²) in [6.07, 6.45) is 0.562. The van der Waals surface area contributed by atoms with Gasteiger partial charge in [-0.25, -0.2) is 0 Å². The van der Waals surface area contributed by atoms with Gasteiger partial charge >= 0.3 is 0 Å². The Labute approximate surface area is 116 Å². The van der Waals surface area contributed by atoms with Crippen LogP contribution >= 0.6 is 0 Å². The largest absolute Gasteiger partial charge is 0.369 e. The molecule has 0 aromatic heterocycles. The van der Waals surface area contributed by atoms with Crippen LogP contribution in [0.1, 0.15) is 5.56 Å². The minimum absolute atomic E-state index is 0.188. The van der Waals surface area contributed by atoms with E-state index < -0.39 is 12.1 Å². The maximum atomic E-state index is 11.5. The van der Waals surface area contributed by atoms with Gasteiger partial charge in [-0.2, -0.15) is 0 Å². The number of benzene rings is 2. The number of nitrogens with zero attached hydrogens (tertiary/aromatic N) is 1. The number of carbonyl (C=O) groups excluding carboxylic acids is 1. The van der Waals surface area contributed by atoms with Gasteiger partial charge in [-0.05, 0) is 29.8 Å². The molecular formula is C16H14N2O2. The second-order valence-corrected chi connectivity index (χ2v) is 4.60. The van der Waals surface area contributed by atoms with E-state index in [-0.39, 0.29) is 5.57 Å². The molecule has 3 rings (SSSR count). The number of hydrogen-bond acceptors (Lipinski definition) is 3. The zero-order chi connectivity index (χ0) is 14.1. The number of fused-ring (bicyclic) bond motifs is 1. The van der Waals surface area contributed by atoms with Gasteiger partial charge in [-0.1, -0.05) is 36.4 Å². The molecule has 4 nitrogen and oxygen atoms in total. The van der Waals surface area contributed by atoms with Crippen molar-refractivity contribution in [1.82, 2.24) is 0 Å². The normalized spacial score (nSPS) is 17.4. The van der Waals surface area contributed by atoms with Crippen molar-refractivity contribution in [2.75, 3.05) is 4.90 Å². The lowest BCUT2D eigenvalue weighted by Gasteiger charge is -2.35. The van der Waals surface area contributed by atoms with Gasteiger partial charge in [-0.15, -0.1) is 0 Å². The van der Waals surface area contributed by atoms with Crippen LogP contribution in [0.5, 0.6) is 0 Å². The highest BCUT2D eigenvalue weighted by atomic mass is 16.3. The molecule has 0 aliphatic carbocycles. The number of rotatable bonds is 2. The van der Waals surface area contributed by atoms with Crippen LogP contribution in [0.15, 0.2) is 60.2 Å². The van der Waals surface area contributed by atoms with Gasteiger partial charge in [0.2, 0.25) is 5.91 Å². The topological polar surface area (TPSA) is 66.6 Å². The van der Waals surface area contributed by atoms with E-state index in [0.29, 0.717) is 0 Å². The maximum Gasteiger partial charge on any atom is 0.249 e. The Bertz CT molecular complexity index is 680.